The van der Waals surface area contributed by atoms with E-state index in [4.69, 9.17) is 4.42 Å². The molecular formula is C22H19FN6O2. The van der Waals surface area contributed by atoms with Crippen LogP contribution >= 0.6 is 0 Å². The van der Waals surface area contributed by atoms with Gasteiger partial charge in [-0.2, -0.15) is 0 Å². The zero-order valence-electron chi connectivity index (χ0n) is 16.5. The zero-order chi connectivity index (χ0) is 21.0. The molecule has 2 bridgehead atoms. The molecule has 156 valence electrons. The van der Waals surface area contributed by atoms with Crippen LogP contribution in [0.25, 0.3) is 17.8 Å². The number of oxazole rings is 1. The molecule has 3 aromatic rings. The fraction of sp³-hybridized carbons (Fsp3) is 0.318. The van der Waals surface area contributed by atoms with Crippen molar-refractivity contribution in [3.63, 3.8) is 0 Å². The summed E-state index contributed by atoms with van der Waals surface area (Å²) in [7, 11) is 0. The first-order valence-electron chi connectivity index (χ1n) is 10.2. The maximum absolute atomic E-state index is 14.5. The number of anilines is 1. The Morgan fingerprint density at radius 1 is 1.35 bits per heavy atom. The molecule has 3 aromatic heterocycles. The Balaban J connectivity index is 1.07. The Kier molecular flexibility index (Phi) is 3.92. The van der Waals surface area contributed by atoms with E-state index in [2.05, 4.69) is 25.3 Å². The van der Waals surface area contributed by atoms with Crippen LogP contribution in [0, 0.1) is 23.1 Å². The SMILES string of the molecule is O=C(/C=C/c1cccnc1)NCC[C@@]12[C@@H]3[C@H]1CN(c1nc(-c4ncco4)ncc1F)[C@@H]32. The molecule has 7 rings (SSSR count). The number of pyridine rings is 1. The molecule has 8 nitrogen and oxygen atoms in total. The van der Waals surface area contributed by atoms with Crippen LogP contribution in [0.2, 0.25) is 0 Å². The van der Waals surface area contributed by atoms with Gasteiger partial charge >= 0.3 is 0 Å². The van der Waals surface area contributed by atoms with Crippen LogP contribution < -0.4 is 10.2 Å². The van der Waals surface area contributed by atoms with Crippen molar-refractivity contribution in [2.75, 3.05) is 18.0 Å². The van der Waals surface area contributed by atoms with Crippen molar-refractivity contribution in [1.82, 2.24) is 25.3 Å². The lowest BCUT2D eigenvalue weighted by atomic mass is 10.0. The van der Waals surface area contributed by atoms with E-state index in [0.717, 1.165) is 18.5 Å². The number of nitrogens with zero attached hydrogens (tertiary/aromatic N) is 5. The molecule has 9 heteroatoms. The number of aromatic nitrogens is 4. The second kappa shape index (κ2) is 6.69. The van der Waals surface area contributed by atoms with Gasteiger partial charge in [-0.3, -0.25) is 9.78 Å². The fourth-order valence-electron chi connectivity index (χ4n) is 5.28. The molecule has 1 N–H and O–H groups in total. The normalized spacial score (nSPS) is 27.4. The highest BCUT2D eigenvalue weighted by molar-refractivity contribution is 5.91. The van der Waals surface area contributed by atoms with Crippen LogP contribution in [0.15, 0.2) is 53.7 Å². The van der Waals surface area contributed by atoms with Gasteiger partial charge in [0.1, 0.15) is 6.26 Å². The van der Waals surface area contributed by atoms with Gasteiger partial charge in [-0.05, 0) is 36.0 Å². The molecule has 2 aliphatic carbocycles. The standard InChI is InChI=1S/C22H19FN6O2/c23-15-11-27-19(21-26-8-9-31-21)28-20(15)29-12-14-17-18(29)22(14,17)5-7-25-16(30)4-3-13-2-1-6-24-10-13/h1-4,6,8-11,14,17-18H,5,7,12H2,(H,25,30)/b4-3+/t14-,17-,18+,22+/m1/s1. The summed E-state index contributed by atoms with van der Waals surface area (Å²) < 4.78 is 19.7. The van der Waals surface area contributed by atoms with E-state index < -0.39 is 5.82 Å². The number of hydrogen-bond acceptors (Lipinski definition) is 7. The second-order valence-electron chi connectivity index (χ2n) is 8.20. The Bertz CT molecular complexity index is 1160. The van der Waals surface area contributed by atoms with Gasteiger partial charge < -0.3 is 14.6 Å². The van der Waals surface area contributed by atoms with Gasteiger partial charge in [-0.1, -0.05) is 6.07 Å². The van der Waals surface area contributed by atoms with E-state index >= 15 is 0 Å². The van der Waals surface area contributed by atoms with Crippen molar-refractivity contribution in [2.24, 2.45) is 17.3 Å². The molecule has 4 aliphatic rings. The number of halogens is 1. The number of piperidine rings is 1. The van der Waals surface area contributed by atoms with Crippen molar-refractivity contribution < 1.29 is 13.6 Å². The van der Waals surface area contributed by atoms with Gasteiger partial charge in [0.15, 0.2) is 11.6 Å². The largest absolute Gasteiger partial charge is 0.442 e. The third-order valence-electron chi connectivity index (χ3n) is 6.74. The molecule has 2 aliphatic heterocycles. The summed E-state index contributed by atoms with van der Waals surface area (Å²) in [5.74, 6) is 1.41. The smallest absolute Gasteiger partial charge is 0.264 e. The number of amides is 1. The number of hydrogen-bond donors (Lipinski definition) is 1. The lowest BCUT2D eigenvalue weighted by Crippen LogP contribution is -2.27. The molecule has 0 unspecified atom stereocenters. The average Bonchev–Trinajstić information content (AvgIpc) is 3.28. The lowest BCUT2D eigenvalue weighted by Gasteiger charge is -2.19. The summed E-state index contributed by atoms with van der Waals surface area (Å²) in [4.78, 5) is 30.6. The Hall–Kier alpha value is -3.62. The van der Waals surface area contributed by atoms with Gasteiger partial charge in [-0.15, -0.1) is 0 Å². The Morgan fingerprint density at radius 2 is 2.29 bits per heavy atom. The first-order chi connectivity index (χ1) is 15.2. The third-order valence-corrected chi connectivity index (χ3v) is 6.74. The number of carbonyl (C=O) groups excluding carboxylic acids is 1. The number of rotatable bonds is 7. The van der Waals surface area contributed by atoms with Crippen molar-refractivity contribution in [3.8, 4) is 11.7 Å². The zero-order valence-corrected chi connectivity index (χ0v) is 16.5. The molecular weight excluding hydrogens is 399 g/mol. The second-order valence-corrected chi connectivity index (χ2v) is 8.20. The van der Waals surface area contributed by atoms with Crippen LogP contribution in [-0.4, -0.2) is 45.0 Å². The first kappa shape index (κ1) is 18.2. The first-order valence-corrected chi connectivity index (χ1v) is 10.2. The Morgan fingerprint density at radius 3 is 3.06 bits per heavy atom. The molecule has 4 fully saturated rings. The molecule has 5 heterocycles. The van der Waals surface area contributed by atoms with Crippen LogP contribution in [0.3, 0.4) is 0 Å². The van der Waals surface area contributed by atoms with Crippen LogP contribution in [0.1, 0.15) is 12.0 Å². The van der Waals surface area contributed by atoms with E-state index in [9.17, 15) is 9.18 Å². The molecule has 0 spiro atoms. The topological polar surface area (TPSA) is 97.0 Å². The summed E-state index contributed by atoms with van der Waals surface area (Å²) in [6.45, 7) is 1.38. The van der Waals surface area contributed by atoms with Crippen LogP contribution in [0.5, 0.6) is 0 Å². The third kappa shape index (κ3) is 2.83. The summed E-state index contributed by atoms with van der Waals surface area (Å²) in [6.07, 6.45) is 11.7. The number of carbonyl (C=O) groups is 1. The predicted octanol–water partition coefficient (Wildman–Crippen LogP) is 2.32. The number of fused-ring (bicyclic) bond motifs is 1. The minimum atomic E-state index is -0.439. The molecule has 0 radical (unpaired) electrons. The molecule has 1 amide bonds. The van der Waals surface area contributed by atoms with Crippen molar-refractivity contribution in [2.45, 2.75) is 12.5 Å². The summed E-state index contributed by atoms with van der Waals surface area (Å²) in [5.41, 5.74) is 1.06. The lowest BCUT2D eigenvalue weighted by molar-refractivity contribution is -0.116. The minimum absolute atomic E-state index is 0.125. The quantitative estimate of drug-likeness (QED) is 0.588. The fourth-order valence-corrected chi connectivity index (χ4v) is 5.28. The monoisotopic (exact) mass is 418 g/mol. The van der Waals surface area contributed by atoms with Crippen molar-refractivity contribution >= 4 is 17.8 Å². The van der Waals surface area contributed by atoms with Crippen molar-refractivity contribution in [1.29, 1.82) is 0 Å². The van der Waals surface area contributed by atoms with Gasteiger partial charge in [0.2, 0.25) is 11.7 Å². The molecule has 0 aromatic carbocycles. The van der Waals surface area contributed by atoms with Gasteiger partial charge in [-0.25, -0.2) is 19.3 Å². The predicted molar refractivity (Wildman–Crippen MR) is 109 cm³/mol. The maximum Gasteiger partial charge on any atom is 0.264 e. The summed E-state index contributed by atoms with van der Waals surface area (Å²) in [5, 5.41) is 2.95. The average molecular weight is 418 g/mol. The van der Waals surface area contributed by atoms with E-state index in [1.165, 1.54) is 24.7 Å². The molecule has 31 heavy (non-hydrogen) atoms. The van der Waals surface area contributed by atoms with E-state index in [1.54, 1.807) is 18.5 Å². The molecule has 2 saturated heterocycles. The number of nitrogens with one attached hydrogen (secondary N) is 1. The minimum Gasteiger partial charge on any atom is -0.442 e. The highest BCUT2D eigenvalue weighted by atomic mass is 19.1. The van der Waals surface area contributed by atoms with Crippen molar-refractivity contribution in [3.05, 3.63) is 60.6 Å². The van der Waals surface area contributed by atoms with Gasteiger partial charge in [0, 0.05) is 43.0 Å². The summed E-state index contributed by atoms with van der Waals surface area (Å²) >= 11 is 0. The molecule has 4 atom stereocenters. The van der Waals surface area contributed by atoms with E-state index in [0.29, 0.717) is 24.2 Å². The van der Waals surface area contributed by atoms with E-state index in [1.807, 2.05) is 17.0 Å². The Labute approximate surface area is 177 Å². The van der Waals surface area contributed by atoms with Gasteiger partial charge in [0.05, 0.1) is 12.4 Å². The summed E-state index contributed by atoms with van der Waals surface area (Å²) in [6, 6.07) is 4.00. The highest BCUT2D eigenvalue weighted by Crippen LogP contribution is 2.87. The highest BCUT2D eigenvalue weighted by Gasteiger charge is 2.91. The van der Waals surface area contributed by atoms with Crippen LogP contribution in [0.4, 0.5) is 10.2 Å². The van der Waals surface area contributed by atoms with E-state index in [-0.39, 0.29) is 29.1 Å². The van der Waals surface area contributed by atoms with Crippen LogP contribution in [-0.2, 0) is 4.79 Å². The molecule has 2 saturated carbocycles. The maximum atomic E-state index is 14.5. The van der Waals surface area contributed by atoms with Gasteiger partial charge in [0.25, 0.3) is 5.89 Å².